The lowest BCUT2D eigenvalue weighted by Crippen LogP contribution is -2.48. The number of hydrogen-bond acceptors (Lipinski definition) is 7. The van der Waals surface area contributed by atoms with Crippen LogP contribution < -0.4 is 15.0 Å². The molecule has 1 aromatic heterocycles. The Morgan fingerprint density at radius 3 is 2.60 bits per heavy atom. The van der Waals surface area contributed by atoms with Gasteiger partial charge < -0.3 is 20.1 Å². The van der Waals surface area contributed by atoms with Gasteiger partial charge in [-0.05, 0) is 54.7 Å². The van der Waals surface area contributed by atoms with Crippen LogP contribution in [0.15, 0.2) is 29.2 Å². The first-order valence-electron chi connectivity index (χ1n) is 10.4. The predicted octanol–water partition coefficient (Wildman–Crippen LogP) is 2.76. The Bertz CT molecular complexity index is 1010. The molecule has 0 bridgehead atoms. The molecule has 2 aliphatic carbocycles. The second-order valence-electron chi connectivity index (χ2n) is 8.84. The molecule has 2 aliphatic heterocycles. The average Bonchev–Trinajstić information content (AvgIpc) is 3.04. The largest absolute Gasteiger partial charge is 0.463 e. The molecule has 30 heavy (non-hydrogen) atoms. The average molecular weight is 447 g/mol. The number of aliphatic hydroxyl groups excluding tert-OH is 1. The van der Waals surface area contributed by atoms with Gasteiger partial charge in [0.25, 0.3) is 0 Å². The molecule has 158 valence electrons. The summed E-state index contributed by atoms with van der Waals surface area (Å²) in [5.41, 5.74) is 0.971. The molecule has 3 heterocycles. The zero-order chi connectivity index (χ0) is 20.5. The van der Waals surface area contributed by atoms with Crippen molar-refractivity contribution in [3.8, 4) is 5.88 Å². The van der Waals surface area contributed by atoms with Gasteiger partial charge in [0.15, 0.2) is 11.8 Å². The van der Waals surface area contributed by atoms with Gasteiger partial charge in [0.05, 0.1) is 12.1 Å². The fraction of sp³-hybridized carbons (Fsp3) is 0.524. The third-order valence-electron chi connectivity index (χ3n) is 7.08. The van der Waals surface area contributed by atoms with Crippen molar-refractivity contribution in [3.05, 3.63) is 34.9 Å². The fourth-order valence-electron chi connectivity index (χ4n) is 5.16. The predicted molar refractivity (Wildman–Crippen MR) is 115 cm³/mol. The van der Waals surface area contributed by atoms with E-state index in [4.69, 9.17) is 21.3 Å². The summed E-state index contributed by atoms with van der Waals surface area (Å²) in [5, 5.41) is 14.0. The van der Waals surface area contributed by atoms with Crippen LogP contribution >= 0.6 is 11.6 Å². The number of rotatable bonds is 5. The number of fused-ring (bicyclic) bond motifs is 2. The second-order valence-corrected chi connectivity index (χ2v) is 10.6. The Kier molecular flexibility index (Phi) is 4.27. The first kappa shape index (κ1) is 18.8. The minimum Gasteiger partial charge on any atom is -0.463 e. The molecule has 2 aromatic rings. The van der Waals surface area contributed by atoms with Crippen molar-refractivity contribution < 1.29 is 14.1 Å². The maximum absolute atomic E-state index is 12.5. The van der Waals surface area contributed by atoms with Crippen molar-refractivity contribution in [2.75, 3.05) is 35.9 Å². The fourth-order valence-corrected chi connectivity index (χ4v) is 6.24. The number of nitrogens with zero attached hydrogens (tertiary/aromatic N) is 3. The van der Waals surface area contributed by atoms with E-state index in [1.54, 1.807) is 0 Å². The van der Waals surface area contributed by atoms with Crippen LogP contribution in [0.5, 0.6) is 5.88 Å². The molecule has 2 saturated carbocycles. The maximum atomic E-state index is 12.5. The standard InChI is InChI=1S/C21H23ClN4O3S/c22-13-4-2-12(3-5-13)16-14-8-26(9-15(14)16)20-23-18(25-21(10-27)6-1-7-21)17-19(24-20)29-11-30(17)28/h2-5,14-16,27H,1,6-11H2,(H,23,24,25). The molecule has 0 radical (unpaired) electrons. The molecule has 1 aromatic carbocycles. The van der Waals surface area contributed by atoms with E-state index in [0.29, 0.717) is 40.3 Å². The molecule has 4 aliphatic rings. The van der Waals surface area contributed by atoms with Crippen LogP contribution in [0, 0.1) is 11.8 Å². The number of halogens is 1. The number of aromatic nitrogens is 2. The first-order valence-corrected chi connectivity index (χ1v) is 12.1. The van der Waals surface area contributed by atoms with Crippen molar-refractivity contribution in [2.24, 2.45) is 11.8 Å². The zero-order valence-electron chi connectivity index (χ0n) is 16.4. The molecule has 6 rings (SSSR count). The van der Waals surface area contributed by atoms with Crippen LogP contribution in [-0.4, -0.2) is 50.5 Å². The topological polar surface area (TPSA) is 87.6 Å². The number of anilines is 2. The van der Waals surface area contributed by atoms with E-state index >= 15 is 0 Å². The molecule has 3 unspecified atom stereocenters. The molecule has 3 atom stereocenters. The maximum Gasteiger partial charge on any atom is 0.238 e. The summed E-state index contributed by atoms with van der Waals surface area (Å²) in [6.45, 7) is 1.82. The van der Waals surface area contributed by atoms with Gasteiger partial charge in [0.2, 0.25) is 11.8 Å². The van der Waals surface area contributed by atoms with Crippen LogP contribution in [0.2, 0.25) is 5.02 Å². The highest BCUT2D eigenvalue weighted by Crippen LogP contribution is 2.58. The van der Waals surface area contributed by atoms with Crippen molar-refractivity contribution in [1.29, 1.82) is 0 Å². The zero-order valence-corrected chi connectivity index (χ0v) is 18.0. The normalized spacial score (nSPS) is 30.3. The van der Waals surface area contributed by atoms with Gasteiger partial charge in [-0.2, -0.15) is 9.97 Å². The SMILES string of the molecule is O=S1COc2nc(N3CC4C(C3)C4c3ccc(Cl)cc3)nc(NC3(CO)CCC3)c21. The quantitative estimate of drug-likeness (QED) is 0.730. The molecule has 9 heteroatoms. The van der Waals surface area contributed by atoms with Gasteiger partial charge in [0, 0.05) is 18.1 Å². The first-order chi connectivity index (χ1) is 14.6. The van der Waals surface area contributed by atoms with Crippen LogP contribution in [0.25, 0.3) is 0 Å². The molecule has 0 spiro atoms. The molecule has 0 amide bonds. The number of benzene rings is 1. The van der Waals surface area contributed by atoms with Crippen molar-refractivity contribution in [1.82, 2.24) is 9.97 Å². The van der Waals surface area contributed by atoms with Crippen LogP contribution in [0.4, 0.5) is 11.8 Å². The van der Waals surface area contributed by atoms with Gasteiger partial charge in [-0.1, -0.05) is 23.7 Å². The van der Waals surface area contributed by atoms with E-state index in [1.165, 1.54) is 5.56 Å². The van der Waals surface area contributed by atoms with Gasteiger partial charge in [-0.25, -0.2) is 0 Å². The van der Waals surface area contributed by atoms with Gasteiger partial charge in [0.1, 0.15) is 15.7 Å². The lowest BCUT2D eigenvalue weighted by atomic mass is 9.77. The third-order valence-corrected chi connectivity index (χ3v) is 8.49. The van der Waals surface area contributed by atoms with E-state index in [2.05, 4.69) is 27.3 Å². The Balaban J connectivity index is 1.25. The second kappa shape index (κ2) is 6.80. The summed E-state index contributed by atoms with van der Waals surface area (Å²) in [6, 6.07) is 8.16. The number of hydrogen-bond donors (Lipinski definition) is 2. The van der Waals surface area contributed by atoms with Crippen LogP contribution in [0.3, 0.4) is 0 Å². The van der Waals surface area contributed by atoms with E-state index in [0.717, 1.165) is 37.4 Å². The lowest BCUT2D eigenvalue weighted by Gasteiger charge is -2.41. The Hall–Kier alpha value is -1.90. The van der Waals surface area contributed by atoms with E-state index < -0.39 is 10.8 Å². The van der Waals surface area contributed by atoms with Gasteiger partial charge >= 0.3 is 0 Å². The van der Waals surface area contributed by atoms with Crippen molar-refractivity contribution >= 4 is 34.2 Å². The Labute approximate surface area is 182 Å². The highest BCUT2D eigenvalue weighted by molar-refractivity contribution is 7.85. The Morgan fingerprint density at radius 2 is 1.97 bits per heavy atom. The minimum atomic E-state index is -1.29. The highest BCUT2D eigenvalue weighted by atomic mass is 35.5. The van der Waals surface area contributed by atoms with Crippen LogP contribution in [0.1, 0.15) is 30.7 Å². The summed E-state index contributed by atoms with van der Waals surface area (Å²) in [7, 11) is -1.29. The molecular weight excluding hydrogens is 424 g/mol. The summed E-state index contributed by atoms with van der Waals surface area (Å²) >= 11 is 6.02. The van der Waals surface area contributed by atoms with E-state index in [9.17, 15) is 9.32 Å². The van der Waals surface area contributed by atoms with Crippen molar-refractivity contribution in [3.63, 3.8) is 0 Å². The lowest BCUT2D eigenvalue weighted by molar-refractivity contribution is 0.143. The molecule has 2 N–H and O–H groups in total. The summed E-state index contributed by atoms with van der Waals surface area (Å²) in [6.07, 6.45) is 2.82. The molecule has 7 nitrogen and oxygen atoms in total. The summed E-state index contributed by atoms with van der Waals surface area (Å²) in [5.74, 6) is 3.43. The van der Waals surface area contributed by atoms with Crippen molar-refractivity contribution in [2.45, 2.75) is 35.6 Å². The van der Waals surface area contributed by atoms with E-state index in [-0.39, 0.29) is 18.1 Å². The number of piperidine rings is 1. The van der Waals surface area contributed by atoms with Gasteiger partial charge in [-0.15, -0.1) is 0 Å². The third kappa shape index (κ3) is 2.92. The molecule has 3 fully saturated rings. The summed E-state index contributed by atoms with van der Waals surface area (Å²) < 4.78 is 18.1. The Morgan fingerprint density at radius 1 is 1.23 bits per heavy atom. The van der Waals surface area contributed by atoms with Crippen LogP contribution in [-0.2, 0) is 10.8 Å². The van der Waals surface area contributed by atoms with E-state index in [1.807, 2.05) is 12.1 Å². The molecule has 1 saturated heterocycles. The summed E-state index contributed by atoms with van der Waals surface area (Å²) in [4.78, 5) is 12.1. The molecular formula is C21H23ClN4O3S. The number of nitrogens with one attached hydrogen (secondary N) is 1. The smallest absolute Gasteiger partial charge is 0.238 e. The minimum absolute atomic E-state index is 0.0330. The number of aliphatic hydroxyl groups is 1. The monoisotopic (exact) mass is 446 g/mol. The highest BCUT2D eigenvalue weighted by Gasteiger charge is 2.56. The number of ether oxygens (including phenoxy) is 1. The van der Waals surface area contributed by atoms with Gasteiger partial charge in [-0.3, -0.25) is 4.21 Å².